The van der Waals surface area contributed by atoms with Crippen LogP contribution in [0, 0.1) is 17.0 Å². The Morgan fingerprint density at radius 1 is 1.25 bits per heavy atom. The molecule has 7 heteroatoms. The van der Waals surface area contributed by atoms with Gasteiger partial charge in [-0.3, -0.25) is 4.79 Å². The van der Waals surface area contributed by atoms with Crippen molar-refractivity contribution in [2.75, 3.05) is 5.75 Å². The largest absolute Gasteiger partial charge is 0.481 e. The molecule has 1 aromatic rings. The van der Waals surface area contributed by atoms with Crippen molar-refractivity contribution < 1.29 is 27.1 Å². The molecule has 2 rings (SSSR count). The van der Waals surface area contributed by atoms with Gasteiger partial charge in [-0.05, 0) is 30.4 Å². The van der Waals surface area contributed by atoms with Crippen LogP contribution in [-0.2, 0) is 20.4 Å². The van der Waals surface area contributed by atoms with E-state index < -0.39 is 44.2 Å². The van der Waals surface area contributed by atoms with Crippen LogP contribution in [0.3, 0.4) is 0 Å². The Kier molecular flexibility index (Phi) is 3.82. The molecule has 0 radical (unpaired) electrons. The third-order valence-electron chi connectivity index (χ3n) is 3.44. The summed E-state index contributed by atoms with van der Waals surface area (Å²) in [5, 5.41) is 8.75. The lowest BCUT2D eigenvalue weighted by atomic mass is 10.1. The van der Waals surface area contributed by atoms with Crippen LogP contribution in [-0.4, -0.2) is 25.2 Å². The van der Waals surface area contributed by atoms with Gasteiger partial charge in [-0.15, -0.1) is 0 Å². The topological polar surface area (TPSA) is 71.4 Å². The van der Waals surface area contributed by atoms with E-state index in [9.17, 15) is 22.0 Å². The second-order valence-electron chi connectivity index (χ2n) is 5.30. The van der Waals surface area contributed by atoms with Gasteiger partial charge in [-0.1, -0.05) is 6.07 Å². The molecule has 4 nitrogen and oxygen atoms in total. The molecule has 0 atom stereocenters. The summed E-state index contributed by atoms with van der Waals surface area (Å²) in [6, 6.07) is 3.16. The molecule has 0 unspecified atom stereocenters. The van der Waals surface area contributed by atoms with Crippen molar-refractivity contribution in [1.82, 2.24) is 0 Å². The molecule has 1 aromatic carbocycles. The first-order chi connectivity index (χ1) is 9.23. The highest BCUT2D eigenvalue weighted by molar-refractivity contribution is 7.90. The Labute approximate surface area is 115 Å². The summed E-state index contributed by atoms with van der Waals surface area (Å²) >= 11 is 0. The van der Waals surface area contributed by atoms with E-state index in [1.807, 2.05) is 0 Å². The molecule has 0 bridgehead atoms. The van der Waals surface area contributed by atoms with Crippen molar-refractivity contribution in [3.63, 3.8) is 0 Å². The average molecular weight is 304 g/mol. The number of benzene rings is 1. The highest BCUT2D eigenvalue weighted by Gasteiger charge is 2.47. The monoisotopic (exact) mass is 304 g/mol. The molecule has 0 spiro atoms. The smallest absolute Gasteiger partial charge is 0.303 e. The van der Waals surface area contributed by atoms with Gasteiger partial charge >= 0.3 is 5.97 Å². The van der Waals surface area contributed by atoms with Gasteiger partial charge in [0.15, 0.2) is 9.84 Å². The van der Waals surface area contributed by atoms with E-state index in [0.29, 0.717) is 12.8 Å². The van der Waals surface area contributed by atoms with Gasteiger partial charge in [0.1, 0.15) is 11.6 Å². The number of carbonyl (C=O) groups is 1. The Hall–Kier alpha value is -1.50. The Morgan fingerprint density at radius 3 is 2.25 bits per heavy atom. The zero-order chi connectivity index (χ0) is 15.0. The van der Waals surface area contributed by atoms with Crippen LogP contribution in [0.5, 0.6) is 0 Å². The lowest BCUT2D eigenvalue weighted by molar-refractivity contribution is -0.138. The van der Waals surface area contributed by atoms with Crippen LogP contribution in [0.4, 0.5) is 8.78 Å². The summed E-state index contributed by atoms with van der Waals surface area (Å²) in [6.45, 7) is 0. The zero-order valence-electron chi connectivity index (χ0n) is 10.6. The molecule has 1 aliphatic carbocycles. The molecule has 110 valence electrons. The van der Waals surface area contributed by atoms with Crippen LogP contribution in [0.1, 0.15) is 24.8 Å². The standard InChI is InChI=1S/C13H14F2O4S/c14-10-2-1-3-11(15)9(10)7-20(18,19)8-13(4-5-13)6-12(16)17/h1-3H,4-8H2,(H,16,17). The molecule has 0 saturated heterocycles. The van der Waals surface area contributed by atoms with E-state index in [2.05, 4.69) is 0 Å². The molecular formula is C13H14F2O4S. The number of aliphatic carboxylic acids is 1. The quantitative estimate of drug-likeness (QED) is 0.874. The van der Waals surface area contributed by atoms with Gasteiger partial charge in [0, 0.05) is 5.56 Å². The first kappa shape index (κ1) is 14.9. The van der Waals surface area contributed by atoms with Crippen LogP contribution >= 0.6 is 0 Å². The molecule has 1 N–H and O–H groups in total. The number of hydrogen-bond acceptors (Lipinski definition) is 3. The van der Waals surface area contributed by atoms with Crippen molar-refractivity contribution in [2.45, 2.75) is 25.0 Å². The normalized spacial score (nSPS) is 16.9. The Bertz CT molecular complexity index is 616. The van der Waals surface area contributed by atoms with Gasteiger partial charge in [0.2, 0.25) is 0 Å². The minimum absolute atomic E-state index is 0.230. The van der Waals surface area contributed by atoms with Crippen molar-refractivity contribution in [3.8, 4) is 0 Å². The lowest BCUT2D eigenvalue weighted by Gasteiger charge is -2.13. The van der Waals surface area contributed by atoms with Crippen molar-refractivity contribution in [2.24, 2.45) is 5.41 Å². The summed E-state index contributed by atoms with van der Waals surface area (Å²) in [6.07, 6.45) is 0.794. The predicted octanol–water partition coefficient (Wildman–Crippen LogP) is 2.13. The van der Waals surface area contributed by atoms with Crippen LogP contribution in [0.2, 0.25) is 0 Å². The SMILES string of the molecule is O=C(O)CC1(CS(=O)(=O)Cc2c(F)cccc2F)CC1. The van der Waals surface area contributed by atoms with Crippen LogP contribution in [0.25, 0.3) is 0 Å². The first-order valence-corrected chi connectivity index (χ1v) is 7.90. The van der Waals surface area contributed by atoms with Gasteiger partial charge in [-0.25, -0.2) is 17.2 Å². The predicted molar refractivity (Wildman–Crippen MR) is 67.8 cm³/mol. The number of rotatable bonds is 6. The van der Waals surface area contributed by atoms with E-state index in [1.165, 1.54) is 0 Å². The lowest BCUT2D eigenvalue weighted by Crippen LogP contribution is -2.22. The minimum Gasteiger partial charge on any atom is -0.481 e. The number of hydrogen-bond donors (Lipinski definition) is 1. The maximum Gasteiger partial charge on any atom is 0.303 e. The van der Waals surface area contributed by atoms with Crippen molar-refractivity contribution >= 4 is 15.8 Å². The van der Waals surface area contributed by atoms with Gasteiger partial charge < -0.3 is 5.11 Å². The minimum atomic E-state index is -3.76. The number of halogens is 2. The molecule has 1 saturated carbocycles. The molecule has 0 aromatic heterocycles. The highest BCUT2D eigenvalue weighted by Crippen LogP contribution is 2.50. The summed E-state index contributed by atoms with van der Waals surface area (Å²) in [4.78, 5) is 10.7. The van der Waals surface area contributed by atoms with Crippen LogP contribution < -0.4 is 0 Å². The number of carboxylic acids is 1. The fraction of sp³-hybridized carbons (Fsp3) is 0.462. The summed E-state index contributed by atoms with van der Waals surface area (Å²) in [5.74, 6) is -3.96. The van der Waals surface area contributed by atoms with Gasteiger partial charge in [0.25, 0.3) is 0 Å². The molecule has 0 aliphatic heterocycles. The molecule has 0 amide bonds. The second-order valence-corrected chi connectivity index (χ2v) is 7.37. The first-order valence-electron chi connectivity index (χ1n) is 6.08. The van der Waals surface area contributed by atoms with E-state index in [-0.39, 0.29) is 12.2 Å². The van der Waals surface area contributed by atoms with E-state index >= 15 is 0 Å². The Morgan fingerprint density at radius 2 is 1.80 bits per heavy atom. The Balaban J connectivity index is 2.14. The zero-order valence-corrected chi connectivity index (χ0v) is 11.4. The summed E-state index contributed by atoms with van der Waals surface area (Å²) < 4.78 is 50.9. The molecule has 1 fully saturated rings. The number of carboxylic acid groups (broad SMARTS) is 1. The molecular weight excluding hydrogens is 290 g/mol. The maximum atomic E-state index is 13.4. The summed E-state index contributed by atoms with van der Waals surface area (Å²) in [5.41, 5.74) is -1.24. The average Bonchev–Trinajstić information content (AvgIpc) is 3.01. The summed E-state index contributed by atoms with van der Waals surface area (Å²) in [7, 11) is -3.76. The van der Waals surface area contributed by atoms with Crippen molar-refractivity contribution in [3.05, 3.63) is 35.4 Å². The second kappa shape index (κ2) is 5.12. The molecule has 20 heavy (non-hydrogen) atoms. The van der Waals surface area contributed by atoms with Crippen LogP contribution in [0.15, 0.2) is 18.2 Å². The fourth-order valence-corrected chi connectivity index (χ4v) is 4.42. The van der Waals surface area contributed by atoms with Gasteiger partial charge in [0.05, 0.1) is 17.9 Å². The maximum absolute atomic E-state index is 13.4. The van der Waals surface area contributed by atoms with Crippen molar-refractivity contribution in [1.29, 1.82) is 0 Å². The fourth-order valence-electron chi connectivity index (χ4n) is 2.28. The molecule has 0 heterocycles. The number of sulfone groups is 1. The highest BCUT2D eigenvalue weighted by atomic mass is 32.2. The van der Waals surface area contributed by atoms with E-state index in [0.717, 1.165) is 18.2 Å². The van der Waals surface area contributed by atoms with E-state index in [1.54, 1.807) is 0 Å². The van der Waals surface area contributed by atoms with E-state index in [4.69, 9.17) is 5.11 Å². The molecule has 1 aliphatic rings. The van der Waals surface area contributed by atoms with Gasteiger partial charge in [-0.2, -0.15) is 0 Å². The third kappa shape index (κ3) is 3.53. The third-order valence-corrected chi connectivity index (χ3v) is 5.22.